The molecule has 1 aliphatic rings. The van der Waals surface area contributed by atoms with Crippen molar-refractivity contribution in [1.29, 1.82) is 0 Å². The molecule has 0 aliphatic carbocycles. The number of carbonyl (C=O) groups excluding carboxylic acids is 1. The molecule has 0 unspecified atom stereocenters. The summed E-state index contributed by atoms with van der Waals surface area (Å²) < 4.78 is 0. The minimum absolute atomic E-state index is 0.0861. The molecule has 0 bridgehead atoms. The van der Waals surface area contributed by atoms with Crippen molar-refractivity contribution in [3.8, 4) is 0 Å². The molecule has 0 aromatic carbocycles. The second-order valence-corrected chi connectivity index (χ2v) is 7.15. The third kappa shape index (κ3) is 4.14. The van der Waals surface area contributed by atoms with Gasteiger partial charge in [0.15, 0.2) is 0 Å². The Morgan fingerprint density at radius 2 is 2.17 bits per heavy atom. The summed E-state index contributed by atoms with van der Waals surface area (Å²) in [6, 6.07) is 1.91. The smallest absolute Gasteiger partial charge is 0.227 e. The maximum Gasteiger partial charge on any atom is 0.227 e. The molecule has 3 rings (SSSR count). The third-order valence-electron chi connectivity index (χ3n) is 4.31. The number of hydrogen-bond donors (Lipinski definition) is 1. The summed E-state index contributed by atoms with van der Waals surface area (Å²) in [7, 11) is 0. The number of thiazole rings is 1. The summed E-state index contributed by atoms with van der Waals surface area (Å²) in [5.41, 5.74) is 3.00. The fourth-order valence-electron chi connectivity index (χ4n) is 2.89. The molecule has 122 valence electrons. The molecule has 3 heterocycles. The van der Waals surface area contributed by atoms with Crippen LogP contribution in [-0.4, -0.2) is 33.9 Å². The monoisotopic (exact) mass is 330 g/mol. The van der Waals surface area contributed by atoms with Gasteiger partial charge in [-0.05, 0) is 51.4 Å². The molecule has 0 saturated carbocycles. The van der Waals surface area contributed by atoms with Crippen LogP contribution in [0.25, 0.3) is 0 Å². The molecule has 5 nitrogen and oxygen atoms in total. The number of carbonyl (C=O) groups is 1. The van der Waals surface area contributed by atoms with Gasteiger partial charge < -0.3 is 5.32 Å². The number of likely N-dealkylation sites (tertiary alicyclic amines) is 1. The highest BCUT2D eigenvalue weighted by molar-refractivity contribution is 7.09. The minimum atomic E-state index is 0.0861. The molecule has 1 saturated heterocycles. The van der Waals surface area contributed by atoms with Crippen LogP contribution in [0.1, 0.15) is 29.1 Å². The fourth-order valence-corrected chi connectivity index (χ4v) is 3.50. The molecule has 6 heteroatoms. The number of rotatable bonds is 4. The van der Waals surface area contributed by atoms with Crippen molar-refractivity contribution in [1.82, 2.24) is 14.9 Å². The number of pyridine rings is 1. The molecule has 2 aromatic heterocycles. The van der Waals surface area contributed by atoms with Gasteiger partial charge in [0.2, 0.25) is 5.91 Å². The molecule has 0 atom stereocenters. The van der Waals surface area contributed by atoms with Crippen LogP contribution in [0, 0.1) is 19.8 Å². The van der Waals surface area contributed by atoms with Gasteiger partial charge in [-0.15, -0.1) is 11.3 Å². The molecule has 2 aromatic rings. The maximum atomic E-state index is 12.4. The van der Waals surface area contributed by atoms with Crippen LogP contribution in [0.15, 0.2) is 23.8 Å². The van der Waals surface area contributed by atoms with E-state index < -0.39 is 0 Å². The highest BCUT2D eigenvalue weighted by atomic mass is 32.1. The number of amides is 1. The zero-order valence-corrected chi connectivity index (χ0v) is 14.4. The van der Waals surface area contributed by atoms with Crippen LogP contribution in [-0.2, 0) is 11.3 Å². The van der Waals surface area contributed by atoms with E-state index in [0.717, 1.165) is 54.4 Å². The van der Waals surface area contributed by atoms with Crippen molar-refractivity contribution in [2.45, 2.75) is 33.2 Å². The van der Waals surface area contributed by atoms with Gasteiger partial charge >= 0.3 is 0 Å². The van der Waals surface area contributed by atoms with Crippen molar-refractivity contribution in [2.24, 2.45) is 5.92 Å². The average molecular weight is 330 g/mol. The molecular formula is C17H22N4OS. The van der Waals surface area contributed by atoms with Gasteiger partial charge in [0.05, 0.1) is 22.6 Å². The molecule has 1 N–H and O–H groups in total. The van der Waals surface area contributed by atoms with Crippen LogP contribution in [0.3, 0.4) is 0 Å². The predicted molar refractivity (Wildman–Crippen MR) is 92.5 cm³/mol. The van der Waals surface area contributed by atoms with E-state index in [2.05, 4.69) is 25.6 Å². The quantitative estimate of drug-likeness (QED) is 0.936. The summed E-state index contributed by atoms with van der Waals surface area (Å²) >= 11 is 1.69. The van der Waals surface area contributed by atoms with Crippen molar-refractivity contribution < 1.29 is 4.79 Å². The first-order valence-corrected chi connectivity index (χ1v) is 8.84. The maximum absolute atomic E-state index is 12.4. The van der Waals surface area contributed by atoms with E-state index in [0.29, 0.717) is 0 Å². The topological polar surface area (TPSA) is 58.1 Å². The van der Waals surface area contributed by atoms with Crippen molar-refractivity contribution in [3.05, 3.63) is 40.1 Å². The molecule has 1 aliphatic heterocycles. The lowest BCUT2D eigenvalue weighted by atomic mass is 9.95. The van der Waals surface area contributed by atoms with E-state index in [-0.39, 0.29) is 11.8 Å². The Labute approximate surface area is 140 Å². The standard InChI is InChI=1S/C17H22N4OS/c1-12-3-6-18-9-16(12)20-17(22)14-4-7-21(8-5-14)10-15-11-23-13(2)19-15/h3,6,9,11,14H,4-5,7-8,10H2,1-2H3,(H,20,22). The van der Waals surface area contributed by atoms with Crippen LogP contribution >= 0.6 is 11.3 Å². The van der Waals surface area contributed by atoms with E-state index in [1.54, 1.807) is 23.7 Å². The van der Waals surface area contributed by atoms with E-state index >= 15 is 0 Å². The second-order valence-electron chi connectivity index (χ2n) is 6.09. The second kappa shape index (κ2) is 7.19. The fraction of sp³-hybridized carbons (Fsp3) is 0.471. The van der Waals surface area contributed by atoms with Gasteiger partial charge in [-0.2, -0.15) is 0 Å². The predicted octanol–water partition coefficient (Wildman–Crippen LogP) is 3.01. The number of hydrogen-bond acceptors (Lipinski definition) is 5. The Morgan fingerprint density at radius 1 is 1.39 bits per heavy atom. The Kier molecular flexibility index (Phi) is 5.03. The lowest BCUT2D eigenvalue weighted by Gasteiger charge is -2.30. The van der Waals surface area contributed by atoms with Crippen molar-refractivity contribution in [2.75, 3.05) is 18.4 Å². The zero-order chi connectivity index (χ0) is 16.2. The van der Waals surface area contributed by atoms with Gasteiger partial charge in [-0.3, -0.25) is 14.7 Å². The number of nitrogens with zero attached hydrogens (tertiary/aromatic N) is 3. The van der Waals surface area contributed by atoms with Gasteiger partial charge in [-0.25, -0.2) is 4.98 Å². The van der Waals surface area contributed by atoms with Gasteiger partial charge in [-0.1, -0.05) is 0 Å². The van der Waals surface area contributed by atoms with E-state index in [1.807, 2.05) is 19.9 Å². The van der Waals surface area contributed by atoms with Crippen LogP contribution in [0.4, 0.5) is 5.69 Å². The Hall–Kier alpha value is -1.79. The van der Waals surface area contributed by atoms with Gasteiger partial charge in [0.1, 0.15) is 0 Å². The Bertz CT molecular complexity index is 677. The van der Waals surface area contributed by atoms with Crippen molar-refractivity contribution >= 4 is 22.9 Å². The lowest BCUT2D eigenvalue weighted by molar-refractivity contribution is -0.121. The van der Waals surface area contributed by atoms with Crippen LogP contribution < -0.4 is 5.32 Å². The summed E-state index contributed by atoms with van der Waals surface area (Å²) in [6.07, 6.45) is 5.25. The molecule has 1 fully saturated rings. The lowest BCUT2D eigenvalue weighted by Crippen LogP contribution is -2.37. The Balaban J connectivity index is 1.50. The van der Waals surface area contributed by atoms with Gasteiger partial charge in [0, 0.05) is 24.0 Å². The zero-order valence-electron chi connectivity index (χ0n) is 13.6. The highest BCUT2D eigenvalue weighted by Gasteiger charge is 2.25. The number of piperidine rings is 1. The summed E-state index contributed by atoms with van der Waals surface area (Å²) in [5, 5.41) is 6.25. The van der Waals surface area contributed by atoms with Crippen LogP contribution in [0.2, 0.25) is 0 Å². The SMILES string of the molecule is Cc1nc(CN2CCC(C(=O)Nc3cnccc3C)CC2)cs1. The summed E-state index contributed by atoms with van der Waals surface area (Å²) in [5.74, 6) is 0.202. The largest absolute Gasteiger partial charge is 0.324 e. The number of anilines is 1. The Morgan fingerprint density at radius 3 is 2.83 bits per heavy atom. The number of nitrogens with one attached hydrogen (secondary N) is 1. The van der Waals surface area contributed by atoms with Gasteiger partial charge in [0.25, 0.3) is 0 Å². The molecule has 23 heavy (non-hydrogen) atoms. The molecule has 1 amide bonds. The first-order chi connectivity index (χ1) is 11.1. The first-order valence-electron chi connectivity index (χ1n) is 7.96. The highest BCUT2D eigenvalue weighted by Crippen LogP contribution is 2.22. The molecule has 0 spiro atoms. The normalized spacial score (nSPS) is 16.4. The average Bonchev–Trinajstić information content (AvgIpc) is 2.95. The molecule has 0 radical (unpaired) electrons. The summed E-state index contributed by atoms with van der Waals surface area (Å²) in [6.45, 7) is 6.79. The van der Waals surface area contributed by atoms with E-state index in [1.165, 1.54) is 0 Å². The number of aryl methyl sites for hydroxylation is 2. The molecular weight excluding hydrogens is 308 g/mol. The number of aromatic nitrogens is 2. The van der Waals surface area contributed by atoms with E-state index in [9.17, 15) is 4.79 Å². The minimum Gasteiger partial charge on any atom is -0.324 e. The van der Waals surface area contributed by atoms with Crippen molar-refractivity contribution in [3.63, 3.8) is 0 Å². The van der Waals surface area contributed by atoms with E-state index in [4.69, 9.17) is 0 Å². The first kappa shape index (κ1) is 16.1. The third-order valence-corrected chi connectivity index (χ3v) is 5.13. The summed E-state index contributed by atoms with van der Waals surface area (Å²) in [4.78, 5) is 23.4. The van der Waals surface area contributed by atoms with Crippen LogP contribution in [0.5, 0.6) is 0 Å².